The van der Waals surface area contributed by atoms with E-state index in [1.54, 1.807) is 0 Å². The second-order valence-electron chi connectivity index (χ2n) is 8.18. The Hall–Kier alpha value is -1.55. The molecule has 1 N–H and O–H groups in total. The number of carbonyl (C=O) groups is 1. The summed E-state index contributed by atoms with van der Waals surface area (Å²) in [7, 11) is 4.38. The molecule has 1 aromatic carbocycles. The van der Waals surface area contributed by atoms with Crippen molar-refractivity contribution in [1.82, 2.24) is 15.1 Å². The van der Waals surface area contributed by atoms with Crippen molar-refractivity contribution in [1.29, 1.82) is 0 Å². The maximum absolute atomic E-state index is 12.4. The van der Waals surface area contributed by atoms with E-state index in [9.17, 15) is 4.79 Å². The zero-order valence-corrected chi connectivity index (χ0v) is 15.5. The Morgan fingerprint density at radius 3 is 2.29 bits per heavy atom. The largest absolute Gasteiger partial charge is 0.336 e. The van der Waals surface area contributed by atoms with Crippen molar-refractivity contribution >= 4 is 6.03 Å². The Balaban J connectivity index is 1.84. The number of nitrogens with one attached hydrogen (secondary N) is 1. The van der Waals surface area contributed by atoms with Gasteiger partial charge in [0.2, 0.25) is 0 Å². The number of hydrogen-bond donors (Lipinski definition) is 1. The second-order valence-corrected chi connectivity index (χ2v) is 8.18. The van der Waals surface area contributed by atoms with Crippen LogP contribution in [0.3, 0.4) is 0 Å². The van der Waals surface area contributed by atoms with Gasteiger partial charge < -0.3 is 10.2 Å². The minimum atomic E-state index is 0.00957. The molecule has 3 rings (SSSR count). The number of hydrogen-bond acceptors (Lipinski definition) is 2. The van der Waals surface area contributed by atoms with E-state index in [1.165, 1.54) is 5.56 Å². The number of benzene rings is 1. The van der Waals surface area contributed by atoms with Crippen LogP contribution in [-0.2, 0) is 5.54 Å². The first-order chi connectivity index (χ1) is 11.4. The summed E-state index contributed by atoms with van der Waals surface area (Å²) in [5.74, 6) is 0.500. The SMILES string of the molecule is CC(C)CN1C(=O)NC[C@]12CC[C@](c1ccccc1)(N(C)C)CC2. The van der Waals surface area contributed by atoms with Gasteiger partial charge in [0.25, 0.3) is 0 Å². The van der Waals surface area contributed by atoms with Gasteiger partial charge in [0.1, 0.15) is 0 Å². The molecule has 1 saturated heterocycles. The first-order valence-corrected chi connectivity index (χ1v) is 9.18. The van der Waals surface area contributed by atoms with Gasteiger partial charge in [0.15, 0.2) is 0 Å². The van der Waals surface area contributed by atoms with Crippen molar-refractivity contribution in [3.8, 4) is 0 Å². The summed E-state index contributed by atoms with van der Waals surface area (Å²) in [4.78, 5) is 16.9. The van der Waals surface area contributed by atoms with Gasteiger partial charge >= 0.3 is 6.03 Å². The van der Waals surface area contributed by atoms with Crippen molar-refractivity contribution in [3.63, 3.8) is 0 Å². The Kier molecular flexibility index (Phi) is 4.60. The summed E-state index contributed by atoms with van der Waals surface area (Å²) in [5, 5.41) is 3.11. The van der Waals surface area contributed by atoms with E-state index in [0.29, 0.717) is 5.92 Å². The van der Waals surface area contributed by atoms with E-state index in [-0.39, 0.29) is 17.1 Å². The average molecular weight is 329 g/mol. The highest BCUT2D eigenvalue weighted by Gasteiger charge is 2.51. The molecule has 0 radical (unpaired) electrons. The third kappa shape index (κ3) is 2.81. The highest BCUT2D eigenvalue weighted by molar-refractivity contribution is 5.78. The maximum Gasteiger partial charge on any atom is 0.318 e. The van der Waals surface area contributed by atoms with Crippen LogP contribution in [0, 0.1) is 5.92 Å². The van der Waals surface area contributed by atoms with Crippen molar-refractivity contribution in [3.05, 3.63) is 35.9 Å². The van der Waals surface area contributed by atoms with Gasteiger partial charge in [-0.05, 0) is 51.3 Å². The molecule has 1 saturated carbocycles. The quantitative estimate of drug-likeness (QED) is 0.918. The number of rotatable bonds is 4. The van der Waals surface area contributed by atoms with Crippen LogP contribution >= 0.6 is 0 Å². The van der Waals surface area contributed by atoms with Crippen LogP contribution in [0.2, 0.25) is 0 Å². The highest BCUT2D eigenvalue weighted by atomic mass is 16.2. The van der Waals surface area contributed by atoms with Gasteiger partial charge in [-0.2, -0.15) is 0 Å². The molecule has 2 fully saturated rings. The van der Waals surface area contributed by atoms with Gasteiger partial charge in [0.05, 0.1) is 5.54 Å². The molecule has 4 heteroatoms. The van der Waals surface area contributed by atoms with Crippen LogP contribution in [0.4, 0.5) is 4.79 Å². The van der Waals surface area contributed by atoms with Crippen LogP contribution in [0.15, 0.2) is 30.3 Å². The zero-order chi connectivity index (χ0) is 17.4. The monoisotopic (exact) mass is 329 g/mol. The lowest BCUT2D eigenvalue weighted by molar-refractivity contribution is 0.0228. The molecule has 1 aliphatic heterocycles. The molecule has 4 nitrogen and oxygen atoms in total. The minimum absolute atomic E-state index is 0.00957. The van der Waals surface area contributed by atoms with Crippen LogP contribution in [0.1, 0.15) is 45.1 Å². The topological polar surface area (TPSA) is 35.6 Å². The third-order valence-corrected chi connectivity index (χ3v) is 6.11. The van der Waals surface area contributed by atoms with E-state index in [0.717, 1.165) is 38.8 Å². The van der Waals surface area contributed by atoms with E-state index in [4.69, 9.17) is 0 Å². The first kappa shape index (κ1) is 17.3. The fraction of sp³-hybridized carbons (Fsp3) is 0.650. The summed E-state index contributed by atoms with van der Waals surface area (Å²) in [6, 6.07) is 11.0. The molecular weight excluding hydrogens is 298 g/mol. The van der Waals surface area contributed by atoms with Crippen molar-refractivity contribution in [2.75, 3.05) is 27.2 Å². The highest BCUT2D eigenvalue weighted by Crippen LogP contribution is 2.47. The molecule has 0 bridgehead atoms. The Morgan fingerprint density at radius 1 is 1.12 bits per heavy atom. The molecule has 1 aromatic rings. The van der Waals surface area contributed by atoms with Gasteiger partial charge in [-0.15, -0.1) is 0 Å². The summed E-state index contributed by atoms with van der Waals surface area (Å²) in [5.41, 5.74) is 1.50. The smallest absolute Gasteiger partial charge is 0.318 e. The van der Waals surface area contributed by atoms with Crippen molar-refractivity contribution in [2.45, 2.75) is 50.6 Å². The predicted molar refractivity (Wildman–Crippen MR) is 97.9 cm³/mol. The standard InChI is InChI=1S/C20H31N3O/c1-16(2)14-23-18(24)21-15-19(23)10-12-20(13-11-19,22(3)4)17-8-6-5-7-9-17/h5-9,16H,10-15H2,1-4H3,(H,21,24)/t19-,20+. The molecule has 0 atom stereocenters. The van der Waals surface area contributed by atoms with Crippen LogP contribution < -0.4 is 5.32 Å². The Bertz CT molecular complexity index is 574. The lowest BCUT2D eigenvalue weighted by Gasteiger charge is -2.51. The van der Waals surface area contributed by atoms with E-state index in [2.05, 4.69) is 73.4 Å². The minimum Gasteiger partial charge on any atom is -0.336 e. The molecule has 1 spiro atoms. The normalized spacial score (nSPS) is 30.4. The summed E-state index contributed by atoms with van der Waals surface area (Å²) in [6.07, 6.45) is 4.30. The first-order valence-electron chi connectivity index (χ1n) is 9.18. The average Bonchev–Trinajstić information content (AvgIpc) is 2.86. The predicted octanol–water partition coefficient (Wildman–Crippen LogP) is 3.44. The molecular formula is C20H31N3O. The summed E-state index contributed by atoms with van der Waals surface area (Å²) in [6.45, 7) is 6.04. The van der Waals surface area contributed by atoms with Crippen LogP contribution in [0.25, 0.3) is 0 Å². The summed E-state index contributed by atoms with van der Waals surface area (Å²) < 4.78 is 0. The van der Waals surface area contributed by atoms with Gasteiger partial charge in [0, 0.05) is 18.6 Å². The third-order valence-electron chi connectivity index (χ3n) is 6.11. The molecule has 132 valence electrons. The Morgan fingerprint density at radius 2 is 1.75 bits per heavy atom. The van der Waals surface area contributed by atoms with Crippen molar-refractivity contribution < 1.29 is 4.79 Å². The lowest BCUT2D eigenvalue weighted by atomic mass is 9.68. The fourth-order valence-electron chi connectivity index (χ4n) is 4.61. The molecule has 2 amide bonds. The van der Waals surface area contributed by atoms with Gasteiger partial charge in [-0.3, -0.25) is 4.90 Å². The van der Waals surface area contributed by atoms with Gasteiger partial charge in [-0.25, -0.2) is 4.79 Å². The molecule has 0 unspecified atom stereocenters. The van der Waals surface area contributed by atoms with Crippen LogP contribution in [0.5, 0.6) is 0 Å². The maximum atomic E-state index is 12.4. The number of carbonyl (C=O) groups excluding carboxylic acids is 1. The van der Waals surface area contributed by atoms with Crippen molar-refractivity contribution in [2.24, 2.45) is 5.92 Å². The van der Waals surface area contributed by atoms with Gasteiger partial charge in [-0.1, -0.05) is 44.2 Å². The molecule has 24 heavy (non-hydrogen) atoms. The Labute approximate surface area is 146 Å². The van der Waals surface area contributed by atoms with E-state index >= 15 is 0 Å². The molecule has 2 aliphatic rings. The number of amides is 2. The van der Waals surface area contributed by atoms with E-state index < -0.39 is 0 Å². The summed E-state index contributed by atoms with van der Waals surface area (Å²) >= 11 is 0. The van der Waals surface area contributed by atoms with E-state index in [1.807, 2.05) is 0 Å². The lowest BCUT2D eigenvalue weighted by Crippen LogP contribution is -2.56. The molecule has 1 aliphatic carbocycles. The molecule has 1 heterocycles. The zero-order valence-electron chi connectivity index (χ0n) is 15.5. The number of nitrogens with zero attached hydrogens (tertiary/aromatic N) is 2. The number of urea groups is 1. The fourth-order valence-corrected chi connectivity index (χ4v) is 4.61. The molecule has 0 aromatic heterocycles. The van der Waals surface area contributed by atoms with Crippen LogP contribution in [-0.4, -0.2) is 48.6 Å². The second kappa shape index (κ2) is 6.40.